The largest absolute Gasteiger partial charge is 0.445 e. The van der Waals surface area contributed by atoms with E-state index in [0.29, 0.717) is 23.4 Å². The number of nitrogens with two attached hydrogens (primary N) is 1. The Kier molecular flexibility index (Phi) is 13.1. The Morgan fingerprint density at radius 1 is 0.972 bits per heavy atom. The van der Waals surface area contributed by atoms with Crippen molar-refractivity contribution < 1.29 is 33.4 Å². The van der Waals surface area contributed by atoms with Gasteiger partial charge in [-0.1, -0.05) is 29.8 Å². The van der Waals surface area contributed by atoms with Gasteiger partial charge in [0, 0.05) is 17.1 Å². The van der Waals surface area contributed by atoms with E-state index in [9.17, 15) is 24.0 Å². The van der Waals surface area contributed by atoms with E-state index in [1.165, 1.54) is 0 Å². The Morgan fingerprint density at radius 2 is 1.67 bits per heavy atom. The molecule has 0 fully saturated rings. The van der Waals surface area contributed by atoms with E-state index >= 15 is 0 Å². The molecular formula is C23H34ClN5O7. The molecule has 6 N–H and O–H groups in total. The molecular weight excluding hydrogens is 494 g/mol. The van der Waals surface area contributed by atoms with Crippen molar-refractivity contribution in [3.05, 3.63) is 34.9 Å². The van der Waals surface area contributed by atoms with E-state index in [4.69, 9.17) is 26.8 Å². The fraction of sp³-hybridized carbons (Fsp3) is 0.522. The van der Waals surface area contributed by atoms with Crippen molar-refractivity contribution in [1.82, 2.24) is 21.3 Å². The molecule has 1 rings (SSSR count). The van der Waals surface area contributed by atoms with Crippen molar-refractivity contribution >= 4 is 41.5 Å². The van der Waals surface area contributed by atoms with Crippen LogP contribution in [0, 0.1) is 0 Å². The van der Waals surface area contributed by atoms with Gasteiger partial charge in [-0.3, -0.25) is 14.4 Å². The van der Waals surface area contributed by atoms with Gasteiger partial charge < -0.3 is 36.5 Å². The molecule has 13 heteroatoms. The predicted molar refractivity (Wildman–Crippen MR) is 132 cm³/mol. The van der Waals surface area contributed by atoms with Gasteiger partial charge in [0.05, 0.1) is 6.54 Å². The standard InChI is InChI=1S/C23H34ClN5O7/c1-23(2,3)36-22(34)28-13-19(31)29-17(20(32)27-12-18(25)30)10-6-7-11-26-21(33)35-14-15-8-4-5-9-16(15)24/h4-5,8-9,17H,6-7,10-14H2,1-3H3,(H2,25,30)(H,26,33)(H,27,32)(H,28,34)(H,29,31). The Bertz CT molecular complexity index is 920. The first-order valence-corrected chi connectivity index (χ1v) is 11.7. The average molecular weight is 528 g/mol. The molecule has 0 aliphatic carbocycles. The maximum absolute atomic E-state index is 12.4. The van der Waals surface area contributed by atoms with Gasteiger partial charge in [-0.2, -0.15) is 0 Å². The summed E-state index contributed by atoms with van der Waals surface area (Å²) in [5.74, 6) is -1.97. The van der Waals surface area contributed by atoms with Gasteiger partial charge in [-0.05, 0) is 46.1 Å². The van der Waals surface area contributed by atoms with Crippen LogP contribution in [-0.4, -0.2) is 61.2 Å². The van der Waals surface area contributed by atoms with Gasteiger partial charge in [0.15, 0.2) is 0 Å². The molecule has 0 radical (unpaired) electrons. The highest BCUT2D eigenvalue weighted by Gasteiger charge is 2.22. The molecule has 0 aliphatic heterocycles. The molecule has 36 heavy (non-hydrogen) atoms. The number of carbonyl (C=O) groups excluding carboxylic acids is 5. The highest BCUT2D eigenvalue weighted by atomic mass is 35.5. The topological polar surface area (TPSA) is 178 Å². The fourth-order valence-electron chi connectivity index (χ4n) is 2.75. The lowest BCUT2D eigenvalue weighted by Gasteiger charge is -2.21. The minimum atomic E-state index is -0.982. The molecule has 200 valence electrons. The van der Waals surface area contributed by atoms with Gasteiger partial charge in [0.25, 0.3) is 0 Å². The summed E-state index contributed by atoms with van der Waals surface area (Å²) in [6, 6.07) is 6.01. The molecule has 5 amide bonds. The Labute approximate surface area is 215 Å². The number of hydrogen-bond acceptors (Lipinski definition) is 7. The second-order valence-corrected chi connectivity index (χ2v) is 9.16. The summed E-state index contributed by atoms with van der Waals surface area (Å²) in [5.41, 5.74) is 5.00. The maximum Gasteiger partial charge on any atom is 0.408 e. The smallest absolute Gasteiger partial charge is 0.408 e. The van der Waals surface area contributed by atoms with E-state index in [0.717, 1.165) is 0 Å². The Morgan fingerprint density at radius 3 is 2.31 bits per heavy atom. The van der Waals surface area contributed by atoms with E-state index in [2.05, 4.69) is 21.3 Å². The number of halogens is 1. The normalized spacial score (nSPS) is 11.6. The minimum Gasteiger partial charge on any atom is -0.445 e. The van der Waals surface area contributed by atoms with Crippen LogP contribution in [-0.2, 0) is 30.5 Å². The van der Waals surface area contributed by atoms with Crippen LogP contribution in [0.15, 0.2) is 24.3 Å². The van der Waals surface area contributed by atoms with Gasteiger partial charge in [0.1, 0.15) is 24.8 Å². The fourth-order valence-corrected chi connectivity index (χ4v) is 2.94. The van der Waals surface area contributed by atoms with Crippen LogP contribution in [0.2, 0.25) is 5.02 Å². The van der Waals surface area contributed by atoms with Gasteiger partial charge in [-0.15, -0.1) is 0 Å². The summed E-state index contributed by atoms with van der Waals surface area (Å²) in [4.78, 5) is 59.1. The summed E-state index contributed by atoms with van der Waals surface area (Å²) in [7, 11) is 0. The Hall–Kier alpha value is -3.54. The van der Waals surface area contributed by atoms with Crippen LogP contribution in [0.5, 0.6) is 0 Å². The number of amides is 5. The molecule has 0 bridgehead atoms. The van der Waals surface area contributed by atoms with Crippen molar-refractivity contribution in [2.24, 2.45) is 5.73 Å². The molecule has 0 spiro atoms. The summed E-state index contributed by atoms with van der Waals surface area (Å²) >= 11 is 6.02. The van der Waals surface area contributed by atoms with Crippen LogP contribution in [0.1, 0.15) is 45.6 Å². The third kappa shape index (κ3) is 14.0. The number of unbranched alkanes of at least 4 members (excludes halogenated alkanes) is 1. The summed E-state index contributed by atoms with van der Waals surface area (Å²) in [6.45, 7) is 4.53. The zero-order valence-corrected chi connectivity index (χ0v) is 21.4. The van der Waals surface area contributed by atoms with Crippen LogP contribution in [0.4, 0.5) is 9.59 Å². The zero-order chi connectivity index (χ0) is 27.1. The first kappa shape index (κ1) is 30.5. The van der Waals surface area contributed by atoms with Crippen LogP contribution < -0.4 is 27.0 Å². The minimum absolute atomic E-state index is 0.0248. The Balaban J connectivity index is 2.44. The lowest BCUT2D eigenvalue weighted by molar-refractivity contribution is -0.129. The monoisotopic (exact) mass is 527 g/mol. The second kappa shape index (κ2) is 15.5. The van der Waals surface area contributed by atoms with Crippen molar-refractivity contribution in [1.29, 1.82) is 0 Å². The number of benzene rings is 1. The van der Waals surface area contributed by atoms with Crippen molar-refractivity contribution in [2.75, 3.05) is 19.6 Å². The molecule has 0 saturated carbocycles. The quantitative estimate of drug-likeness (QED) is 0.240. The molecule has 0 saturated heterocycles. The summed E-state index contributed by atoms with van der Waals surface area (Å²) in [6.07, 6.45) is -0.266. The number of rotatable bonds is 13. The number of carbonyl (C=O) groups is 5. The number of hydrogen-bond donors (Lipinski definition) is 5. The highest BCUT2D eigenvalue weighted by molar-refractivity contribution is 6.31. The van der Waals surface area contributed by atoms with Crippen LogP contribution in [0.3, 0.4) is 0 Å². The third-order valence-corrected chi connectivity index (χ3v) is 4.75. The second-order valence-electron chi connectivity index (χ2n) is 8.75. The number of nitrogens with one attached hydrogen (secondary N) is 4. The number of alkyl carbamates (subject to hydrolysis) is 2. The maximum atomic E-state index is 12.4. The van der Waals surface area contributed by atoms with Gasteiger partial charge >= 0.3 is 12.2 Å². The first-order chi connectivity index (χ1) is 16.9. The SMILES string of the molecule is CC(C)(C)OC(=O)NCC(=O)NC(CCCCNC(=O)OCc1ccccc1Cl)C(=O)NCC(N)=O. The summed E-state index contributed by atoms with van der Waals surface area (Å²) < 4.78 is 10.2. The zero-order valence-electron chi connectivity index (χ0n) is 20.6. The van der Waals surface area contributed by atoms with E-state index in [-0.39, 0.29) is 26.1 Å². The number of ether oxygens (including phenoxy) is 2. The molecule has 12 nitrogen and oxygen atoms in total. The van der Waals surface area contributed by atoms with E-state index in [1.54, 1.807) is 45.0 Å². The van der Waals surface area contributed by atoms with E-state index in [1.807, 2.05) is 0 Å². The summed E-state index contributed by atoms with van der Waals surface area (Å²) in [5, 5.41) is 10.2. The lowest BCUT2D eigenvalue weighted by atomic mass is 10.1. The molecule has 1 aromatic rings. The van der Waals surface area contributed by atoms with Crippen molar-refractivity contribution in [3.63, 3.8) is 0 Å². The van der Waals surface area contributed by atoms with Crippen LogP contribution >= 0.6 is 11.6 Å². The average Bonchev–Trinajstić information content (AvgIpc) is 2.78. The predicted octanol–water partition coefficient (Wildman–Crippen LogP) is 1.35. The molecule has 1 atom stereocenters. The molecule has 0 aliphatic rings. The molecule has 0 heterocycles. The molecule has 1 unspecified atom stereocenters. The molecule has 1 aromatic carbocycles. The highest BCUT2D eigenvalue weighted by Crippen LogP contribution is 2.15. The van der Waals surface area contributed by atoms with E-state index < -0.39 is 48.1 Å². The van der Waals surface area contributed by atoms with Gasteiger partial charge in [0.2, 0.25) is 17.7 Å². The lowest BCUT2D eigenvalue weighted by Crippen LogP contribution is -2.51. The van der Waals surface area contributed by atoms with Crippen molar-refractivity contribution in [3.8, 4) is 0 Å². The third-order valence-electron chi connectivity index (χ3n) is 4.39. The van der Waals surface area contributed by atoms with Crippen LogP contribution in [0.25, 0.3) is 0 Å². The first-order valence-electron chi connectivity index (χ1n) is 11.3. The van der Waals surface area contributed by atoms with Gasteiger partial charge in [-0.25, -0.2) is 9.59 Å². The number of primary amides is 1. The molecule has 0 aromatic heterocycles. The van der Waals surface area contributed by atoms with Crippen molar-refractivity contribution in [2.45, 2.75) is 58.3 Å².